The largest absolute Gasteiger partial charge is 0.394 e. The maximum absolute atomic E-state index is 12.0. The summed E-state index contributed by atoms with van der Waals surface area (Å²) in [7, 11) is 0. The quantitative estimate of drug-likeness (QED) is 0.400. The second-order valence-corrected chi connectivity index (χ2v) is 5.53. The molecule has 21 heavy (non-hydrogen) atoms. The summed E-state index contributed by atoms with van der Waals surface area (Å²) >= 11 is 0.623. The number of rotatable bonds is 2. The van der Waals surface area contributed by atoms with Gasteiger partial charge in [0.1, 0.15) is 23.0 Å². The van der Waals surface area contributed by atoms with Gasteiger partial charge >= 0.3 is 4.87 Å². The van der Waals surface area contributed by atoms with Crippen LogP contribution in [0.4, 0.5) is 5.95 Å². The van der Waals surface area contributed by atoms with Crippen LogP contribution in [0.2, 0.25) is 0 Å². The summed E-state index contributed by atoms with van der Waals surface area (Å²) in [5, 5.41) is 28.8. The standard InChI is InChI=1S/C10H12N4O6S/c11-9-12-6-5(7(18)13-9)21-10(19)14(6)8-4(17)3(16)2(1-15)20-8/h2-4,8,15-17H,1H2,(H3,11,12,13,18)/t2-,3+,4?,8-/m1/s1. The number of nitrogens with one attached hydrogen (secondary N) is 1. The van der Waals surface area contributed by atoms with Gasteiger partial charge in [-0.15, -0.1) is 0 Å². The van der Waals surface area contributed by atoms with Gasteiger partial charge < -0.3 is 25.8 Å². The van der Waals surface area contributed by atoms with Crippen LogP contribution in [-0.2, 0) is 4.74 Å². The van der Waals surface area contributed by atoms with E-state index in [2.05, 4.69) is 9.97 Å². The van der Waals surface area contributed by atoms with Crippen molar-refractivity contribution in [3.05, 3.63) is 20.0 Å². The van der Waals surface area contributed by atoms with Crippen molar-refractivity contribution < 1.29 is 20.1 Å². The molecule has 0 bridgehead atoms. The van der Waals surface area contributed by atoms with Gasteiger partial charge in [0.2, 0.25) is 5.95 Å². The third-order valence-corrected chi connectivity index (χ3v) is 4.21. The molecule has 1 unspecified atom stereocenters. The average Bonchev–Trinajstić information content (AvgIpc) is 2.89. The second kappa shape index (κ2) is 4.89. The van der Waals surface area contributed by atoms with Gasteiger partial charge in [0.15, 0.2) is 11.9 Å². The summed E-state index contributed by atoms with van der Waals surface area (Å²) in [6, 6.07) is 0. The molecule has 1 aliphatic rings. The van der Waals surface area contributed by atoms with Crippen LogP contribution in [0, 0.1) is 0 Å². The molecule has 114 valence electrons. The smallest absolute Gasteiger partial charge is 0.311 e. The number of nitrogen functional groups attached to an aromatic ring is 1. The Balaban J connectivity index is 2.20. The molecule has 0 saturated carbocycles. The van der Waals surface area contributed by atoms with Crippen molar-refractivity contribution in [3.8, 4) is 0 Å². The first kappa shape index (κ1) is 14.2. The fraction of sp³-hybridized carbons (Fsp3) is 0.500. The highest BCUT2D eigenvalue weighted by Gasteiger charge is 2.44. The Hall–Kier alpha value is -1.79. The molecular formula is C10H12N4O6S. The minimum atomic E-state index is -1.44. The van der Waals surface area contributed by atoms with Gasteiger partial charge in [-0.1, -0.05) is 11.3 Å². The van der Waals surface area contributed by atoms with Crippen molar-refractivity contribution in [2.75, 3.05) is 12.3 Å². The molecule has 0 radical (unpaired) electrons. The van der Waals surface area contributed by atoms with Crippen LogP contribution in [-0.4, -0.2) is 54.8 Å². The Morgan fingerprint density at radius 2 is 2.10 bits per heavy atom. The fourth-order valence-electron chi connectivity index (χ4n) is 2.26. The molecule has 11 heteroatoms. The predicted molar refractivity (Wildman–Crippen MR) is 71.9 cm³/mol. The van der Waals surface area contributed by atoms with Crippen molar-refractivity contribution in [2.24, 2.45) is 0 Å². The molecule has 2 aromatic heterocycles. The summed E-state index contributed by atoms with van der Waals surface area (Å²) in [4.78, 5) is 29.3. The molecule has 3 rings (SSSR count). The van der Waals surface area contributed by atoms with Gasteiger partial charge in [0.05, 0.1) is 6.61 Å². The van der Waals surface area contributed by atoms with E-state index in [4.69, 9.17) is 15.6 Å². The zero-order valence-electron chi connectivity index (χ0n) is 10.5. The maximum Gasteiger partial charge on any atom is 0.311 e. The monoisotopic (exact) mass is 316 g/mol. The van der Waals surface area contributed by atoms with Crippen molar-refractivity contribution in [1.29, 1.82) is 0 Å². The first-order valence-corrected chi connectivity index (χ1v) is 6.79. The number of aromatic nitrogens is 3. The molecule has 10 nitrogen and oxygen atoms in total. The summed E-state index contributed by atoms with van der Waals surface area (Å²) in [5.41, 5.74) is 4.83. The lowest BCUT2D eigenvalue weighted by Crippen LogP contribution is -2.34. The summed E-state index contributed by atoms with van der Waals surface area (Å²) < 4.78 is 6.26. The lowest BCUT2D eigenvalue weighted by atomic mass is 10.1. The summed E-state index contributed by atoms with van der Waals surface area (Å²) in [5.74, 6) is -0.189. The van der Waals surface area contributed by atoms with Gasteiger partial charge in [0.25, 0.3) is 5.56 Å². The molecule has 0 amide bonds. The minimum absolute atomic E-state index is 0.0342. The molecule has 1 fully saturated rings. The first-order valence-electron chi connectivity index (χ1n) is 5.97. The number of aromatic amines is 1. The molecule has 0 spiro atoms. The number of hydrogen-bond acceptors (Lipinski definition) is 9. The number of anilines is 1. The van der Waals surface area contributed by atoms with E-state index in [-0.39, 0.29) is 16.3 Å². The summed E-state index contributed by atoms with van der Waals surface area (Å²) in [6.45, 7) is -0.526. The Bertz CT molecular complexity index is 797. The minimum Gasteiger partial charge on any atom is -0.394 e. The van der Waals surface area contributed by atoms with Gasteiger partial charge in [0, 0.05) is 0 Å². The SMILES string of the molecule is Nc1nc2c(sc(=O)n2[C@@H]2O[C@H](CO)[C@H](O)C2O)c(=O)[nH]1. The van der Waals surface area contributed by atoms with Gasteiger partial charge in [-0.2, -0.15) is 4.98 Å². The van der Waals surface area contributed by atoms with E-state index in [1.54, 1.807) is 0 Å². The van der Waals surface area contributed by atoms with Gasteiger partial charge in [-0.25, -0.2) is 0 Å². The number of H-pyrrole nitrogens is 1. The lowest BCUT2D eigenvalue weighted by molar-refractivity contribution is -0.0518. The number of fused-ring (bicyclic) bond motifs is 1. The molecule has 0 aromatic carbocycles. The number of aliphatic hydroxyl groups excluding tert-OH is 3. The summed E-state index contributed by atoms with van der Waals surface area (Å²) in [6.07, 6.45) is -5.10. The highest BCUT2D eigenvalue weighted by atomic mass is 32.1. The number of nitrogens with zero attached hydrogens (tertiary/aromatic N) is 2. The number of ether oxygens (including phenoxy) is 1. The van der Waals surface area contributed by atoms with E-state index >= 15 is 0 Å². The Morgan fingerprint density at radius 1 is 1.38 bits per heavy atom. The third kappa shape index (κ3) is 2.06. The molecule has 2 aromatic rings. The zero-order chi connectivity index (χ0) is 15.3. The van der Waals surface area contributed by atoms with E-state index in [0.717, 1.165) is 4.57 Å². The molecule has 1 saturated heterocycles. The molecule has 6 N–H and O–H groups in total. The average molecular weight is 316 g/mol. The normalized spacial score (nSPS) is 29.3. The topological polar surface area (TPSA) is 164 Å². The fourth-order valence-corrected chi connectivity index (χ4v) is 3.11. The van der Waals surface area contributed by atoms with Gasteiger partial charge in [-0.3, -0.25) is 19.1 Å². The van der Waals surface area contributed by atoms with Crippen LogP contribution in [0.1, 0.15) is 6.23 Å². The van der Waals surface area contributed by atoms with Crippen LogP contribution >= 0.6 is 11.3 Å². The first-order chi connectivity index (χ1) is 9.93. The van der Waals surface area contributed by atoms with Crippen molar-refractivity contribution in [1.82, 2.24) is 14.5 Å². The van der Waals surface area contributed by atoms with Crippen LogP contribution in [0.15, 0.2) is 9.59 Å². The molecular weight excluding hydrogens is 304 g/mol. The van der Waals surface area contributed by atoms with E-state index in [1.807, 2.05) is 0 Å². The van der Waals surface area contributed by atoms with Crippen LogP contribution in [0.5, 0.6) is 0 Å². The Kier molecular flexibility index (Phi) is 3.30. The molecule has 3 heterocycles. The maximum atomic E-state index is 12.0. The highest BCUT2D eigenvalue weighted by molar-refractivity contribution is 7.16. The molecule has 0 aliphatic carbocycles. The lowest BCUT2D eigenvalue weighted by Gasteiger charge is -2.15. The predicted octanol–water partition coefficient (Wildman–Crippen LogP) is -2.66. The number of hydrogen-bond donors (Lipinski definition) is 5. The van der Waals surface area contributed by atoms with Crippen molar-refractivity contribution in [3.63, 3.8) is 0 Å². The van der Waals surface area contributed by atoms with E-state index in [9.17, 15) is 19.8 Å². The van der Waals surface area contributed by atoms with Crippen molar-refractivity contribution >= 4 is 27.6 Å². The van der Waals surface area contributed by atoms with E-state index in [0.29, 0.717) is 11.3 Å². The van der Waals surface area contributed by atoms with Crippen LogP contribution < -0.4 is 16.2 Å². The number of aliphatic hydroxyl groups is 3. The molecule has 4 atom stereocenters. The zero-order valence-corrected chi connectivity index (χ0v) is 11.3. The van der Waals surface area contributed by atoms with Crippen LogP contribution in [0.3, 0.4) is 0 Å². The van der Waals surface area contributed by atoms with Crippen LogP contribution in [0.25, 0.3) is 10.3 Å². The highest BCUT2D eigenvalue weighted by Crippen LogP contribution is 2.30. The Morgan fingerprint density at radius 3 is 2.71 bits per heavy atom. The van der Waals surface area contributed by atoms with E-state index < -0.39 is 41.6 Å². The second-order valence-electron chi connectivity index (χ2n) is 4.57. The van der Waals surface area contributed by atoms with Crippen molar-refractivity contribution in [2.45, 2.75) is 24.5 Å². The van der Waals surface area contributed by atoms with Gasteiger partial charge in [-0.05, 0) is 0 Å². The van der Waals surface area contributed by atoms with E-state index in [1.165, 1.54) is 0 Å². The molecule has 1 aliphatic heterocycles. The number of nitrogens with two attached hydrogens (primary N) is 1. The number of thiazole rings is 1. The Labute approximate surface area is 120 Å². The third-order valence-electron chi connectivity index (χ3n) is 3.26.